The summed E-state index contributed by atoms with van der Waals surface area (Å²) in [5.41, 5.74) is 0.662. The van der Waals surface area contributed by atoms with Crippen molar-refractivity contribution in [3.63, 3.8) is 0 Å². The Hall–Kier alpha value is -2.70. The molecule has 0 aliphatic carbocycles. The summed E-state index contributed by atoms with van der Waals surface area (Å²) in [5.74, 6) is -1.71. The van der Waals surface area contributed by atoms with Crippen LogP contribution in [0.1, 0.15) is 54.3 Å². The van der Waals surface area contributed by atoms with Crippen molar-refractivity contribution >= 4 is 11.9 Å². The summed E-state index contributed by atoms with van der Waals surface area (Å²) in [5, 5.41) is 35.1. The van der Waals surface area contributed by atoms with Gasteiger partial charge in [-0.1, -0.05) is 49.7 Å². The Bertz CT molecular complexity index is 610. The van der Waals surface area contributed by atoms with Crippen LogP contribution in [0.15, 0.2) is 60.7 Å². The summed E-state index contributed by atoms with van der Waals surface area (Å²) in [6.45, 7) is 5.51. The molecule has 4 N–H and O–H groups in total. The maximum atomic E-state index is 10.2. The third-order valence-electron chi connectivity index (χ3n) is 3.90. The van der Waals surface area contributed by atoms with Crippen LogP contribution in [0.4, 0.5) is 0 Å². The lowest BCUT2D eigenvalue weighted by molar-refractivity contribution is 0.0268. The number of carboxylic acid groups (broad SMARTS) is 2. The van der Waals surface area contributed by atoms with E-state index >= 15 is 0 Å². The van der Waals surface area contributed by atoms with Gasteiger partial charge in [-0.15, -0.1) is 0 Å². The Labute approximate surface area is 166 Å². The zero-order valence-electron chi connectivity index (χ0n) is 16.5. The van der Waals surface area contributed by atoms with Gasteiger partial charge in [-0.2, -0.15) is 0 Å². The number of rotatable bonds is 6. The number of benzene rings is 2. The van der Waals surface area contributed by atoms with Crippen molar-refractivity contribution in [1.82, 2.24) is 0 Å². The highest BCUT2D eigenvalue weighted by Gasteiger charge is 2.18. The fraction of sp³-hybridized carbons (Fsp3) is 0.364. The minimum Gasteiger partial charge on any atom is -0.478 e. The van der Waals surface area contributed by atoms with Gasteiger partial charge in [0.25, 0.3) is 0 Å². The van der Waals surface area contributed by atoms with E-state index in [1.165, 1.54) is 0 Å². The quantitative estimate of drug-likeness (QED) is 0.594. The molecule has 0 saturated carbocycles. The fourth-order valence-electron chi connectivity index (χ4n) is 2.38. The number of aliphatic hydroxyl groups excluding tert-OH is 2. The van der Waals surface area contributed by atoms with Gasteiger partial charge in [-0.05, 0) is 44.5 Å². The maximum Gasteiger partial charge on any atom is 0.335 e. The molecule has 28 heavy (non-hydrogen) atoms. The summed E-state index contributed by atoms with van der Waals surface area (Å²) >= 11 is 0. The van der Waals surface area contributed by atoms with Crippen LogP contribution in [0.5, 0.6) is 0 Å². The second kappa shape index (κ2) is 14.4. The number of aromatic carboxylic acids is 2. The number of aliphatic hydroxyl groups is 2. The molecule has 0 amide bonds. The first-order valence-electron chi connectivity index (χ1n) is 9.13. The van der Waals surface area contributed by atoms with Crippen LogP contribution in [0.25, 0.3) is 0 Å². The molecule has 2 aromatic carbocycles. The average molecular weight is 390 g/mol. The van der Waals surface area contributed by atoms with E-state index < -0.39 is 11.9 Å². The summed E-state index contributed by atoms with van der Waals surface area (Å²) in [6, 6.07) is 16.6. The molecule has 0 bridgehead atoms. The van der Waals surface area contributed by atoms with Crippen molar-refractivity contribution in [3.8, 4) is 0 Å². The van der Waals surface area contributed by atoms with Crippen molar-refractivity contribution in [3.05, 3.63) is 71.8 Å². The monoisotopic (exact) mass is 390 g/mol. The molecule has 0 aromatic heterocycles. The van der Waals surface area contributed by atoms with Crippen LogP contribution < -0.4 is 0 Å². The van der Waals surface area contributed by atoms with E-state index in [1.54, 1.807) is 74.5 Å². The van der Waals surface area contributed by atoms with Crippen LogP contribution in [0, 0.1) is 5.92 Å². The first kappa shape index (κ1) is 25.3. The van der Waals surface area contributed by atoms with E-state index in [0.29, 0.717) is 11.1 Å². The molecule has 0 aliphatic rings. The Morgan fingerprint density at radius 3 is 1.21 bits per heavy atom. The summed E-state index contributed by atoms with van der Waals surface area (Å²) in [6.07, 6.45) is 1.13. The highest BCUT2D eigenvalue weighted by atomic mass is 16.4. The molecular weight excluding hydrogens is 360 g/mol. The smallest absolute Gasteiger partial charge is 0.335 e. The largest absolute Gasteiger partial charge is 0.478 e. The van der Waals surface area contributed by atoms with Gasteiger partial charge in [-0.25, -0.2) is 9.59 Å². The predicted molar refractivity (Wildman–Crippen MR) is 109 cm³/mol. The number of hydrogen-bond acceptors (Lipinski definition) is 4. The lowest BCUT2D eigenvalue weighted by Crippen LogP contribution is -2.27. The normalized spacial score (nSPS) is 12.9. The third-order valence-corrected chi connectivity index (χ3v) is 3.90. The minimum atomic E-state index is -0.879. The Morgan fingerprint density at radius 2 is 1.07 bits per heavy atom. The molecule has 2 unspecified atom stereocenters. The standard InChI is InChI=1S/C8H18O2.2C7H6O2/c1-4-5-8(6(2)9)7(3)10;2*8-7(9)6-4-2-1-3-5-6/h6-10H,4-5H2,1-3H3;2*1-5H,(H,8,9). The second-order valence-electron chi connectivity index (χ2n) is 6.28. The molecule has 0 aliphatic heterocycles. The molecule has 6 nitrogen and oxygen atoms in total. The van der Waals surface area contributed by atoms with Gasteiger partial charge in [0.1, 0.15) is 0 Å². The SMILES string of the molecule is CCCC(C(C)O)C(C)O.O=C(O)c1ccccc1.O=C(O)c1ccccc1. The molecule has 0 heterocycles. The summed E-state index contributed by atoms with van der Waals surface area (Å²) < 4.78 is 0. The van der Waals surface area contributed by atoms with Crippen molar-refractivity contribution in [2.24, 2.45) is 5.92 Å². The van der Waals surface area contributed by atoms with E-state index in [9.17, 15) is 9.59 Å². The van der Waals surface area contributed by atoms with Crippen LogP contribution in [-0.2, 0) is 0 Å². The highest BCUT2D eigenvalue weighted by molar-refractivity contribution is 5.87. The van der Waals surface area contributed by atoms with Gasteiger partial charge in [0.15, 0.2) is 0 Å². The molecule has 6 heteroatoms. The number of carbonyl (C=O) groups is 2. The van der Waals surface area contributed by atoms with E-state index in [0.717, 1.165) is 12.8 Å². The zero-order valence-corrected chi connectivity index (χ0v) is 16.5. The van der Waals surface area contributed by atoms with Gasteiger partial charge in [0, 0.05) is 5.92 Å². The van der Waals surface area contributed by atoms with Crippen molar-refractivity contribution < 1.29 is 30.0 Å². The predicted octanol–water partition coefficient (Wildman–Crippen LogP) is 3.93. The molecular formula is C22H30O6. The average Bonchev–Trinajstić information content (AvgIpc) is 2.68. The molecule has 2 atom stereocenters. The first-order valence-corrected chi connectivity index (χ1v) is 9.13. The van der Waals surface area contributed by atoms with E-state index in [2.05, 4.69) is 6.92 Å². The van der Waals surface area contributed by atoms with Crippen LogP contribution >= 0.6 is 0 Å². The van der Waals surface area contributed by atoms with Crippen molar-refractivity contribution in [1.29, 1.82) is 0 Å². The Balaban J connectivity index is 0.000000391. The number of hydrogen-bond donors (Lipinski definition) is 4. The lowest BCUT2D eigenvalue weighted by atomic mass is 9.93. The number of carboxylic acids is 2. The minimum absolute atomic E-state index is 0.0463. The van der Waals surface area contributed by atoms with Crippen LogP contribution in [-0.4, -0.2) is 44.6 Å². The highest BCUT2D eigenvalue weighted by Crippen LogP contribution is 2.15. The van der Waals surface area contributed by atoms with Gasteiger partial charge in [-0.3, -0.25) is 0 Å². The second-order valence-corrected chi connectivity index (χ2v) is 6.28. The molecule has 0 fully saturated rings. The topological polar surface area (TPSA) is 115 Å². The molecule has 0 radical (unpaired) electrons. The Kier molecular flexibility index (Phi) is 13.0. The van der Waals surface area contributed by atoms with Gasteiger partial charge in [0.05, 0.1) is 23.3 Å². The van der Waals surface area contributed by atoms with Crippen LogP contribution in [0.3, 0.4) is 0 Å². The van der Waals surface area contributed by atoms with E-state index in [1.807, 2.05) is 0 Å². The molecule has 2 rings (SSSR count). The van der Waals surface area contributed by atoms with Crippen LogP contribution in [0.2, 0.25) is 0 Å². The van der Waals surface area contributed by atoms with Crippen molar-refractivity contribution in [2.45, 2.75) is 45.8 Å². The van der Waals surface area contributed by atoms with Gasteiger partial charge >= 0.3 is 11.9 Å². The van der Waals surface area contributed by atoms with Gasteiger partial charge < -0.3 is 20.4 Å². The van der Waals surface area contributed by atoms with Gasteiger partial charge in [0.2, 0.25) is 0 Å². The maximum absolute atomic E-state index is 10.2. The molecule has 0 saturated heterocycles. The first-order chi connectivity index (χ1) is 13.2. The van der Waals surface area contributed by atoms with Crippen molar-refractivity contribution in [2.75, 3.05) is 0 Å². The summed E-state index contributed by atoms with van der Waals surface area (Å²) in [4.78, 5) is 20.4. The zero-order chi connectivity index (χ0) is 21.5. The van der Waals surface area contributed by atoms with E-state index in [4.69, 9.17) is 20.4 Å². The molecule has 0 spiro atoms. The molecule has 2 aromatic rings. The lowest BCUT2D eigenvalue weighted by Gasteiger charge is -2.21. The summed E-state index contributed by atoms with van der Waals surface area (Å²) in [7, 11) is 0. The van der Waals surface area contributed by atoms with E-state index in [-0.39, 0.29) is 18.1 Å². The Morgan fingerprint density at radius 1 is 0.750 bits per heavy atom. The molecule has 154 valence electrons. The fourth-order valence-corrected chi connectivity index (χ4v) is 2.38. The third kappa shape index (κ3) is 11.1.